The second-order valence-corrected chi connectivity index (χ2v) is 9.42. The minimum absolute atomic E-state index is 0.0643. The van der Waals surface area contributed by atoms with Crippen molar-refractivity contribution in [2.75, 3.05) is 25.5 Å². The molecule has 3 rings (SSSR count). The highest BCUT2D eigenvalue weighted by Gasteiger charge is 2.16. The van der Waals surface area contributed by atoms with Gasteiger partial charge in [-0.1, -0.05) is 48.0 Å². The van der Waals surface area contributed by atoms with Crippen molar-refractivity contribution in [1.82, 2.24) is 10.0 Å². The summed E-state index contributed by atoms with van der Waals surface area (Å²) in [6, 6.07) is 21.4. The number of anilines is 1. The Morgan fingerprint density at radius 3 is 2.26 bits per heavy atom. The van der Waals surface area contributed by atoms with Gasteiger partial charge in [0.2, 0.25) is 21.8 Å². The molecule has 0 radical (unpaired) electrons. The van der Waals surface area contributed by atoms with Gasteiger partial charge in [-0.05, 0) is 42.8 Å². The normalized spacial score (nSPS) is 11.0. The molecular weight excluding hydrogens is 454 g/mol. The molecule has 2 amide bonds. The number of rotatable bonds is 10. The van der Waals surface area contributed by atoms with Gasteiger partial charge in [0.25, 0.3) is 0 Å². The van der Waals surface area contributed by atoms with Crippen LogP contribution in [0.4, 0.5) is 5.69 Å². The molecule has 0 saturated carbocycles. The quantitative estimate of drug-likeness (QED) is 0.412. The Morgan fingerprint density at radius 1 is 0.882 bits per heavy atom. The van der Waals surface area contributed by atoms with E-state index in [-0.39, 0.29) is 11.4 Å². The molecule has 0 fully saturated rings. The van der Waals surface area contributed by atoms with E-state index < -0.39 is 28.4 Å². The molecule has 0 bridgehead atoms. The van der Waals surface area contributed by atoms with E-state index >= 15 is 0 Å². The Kier molecular flexibility index (Phi) is 8.39. The molecular formula is C25H27N3O5S. The van der Waals surface area contributed by atoms with Crippen molar-refractivity contribution in [1.29, 1.82) is 0 Å². The standard InChI is InChI=1S/C25H27N3O5S/c1-18-8-11-22(12-9-18)34(31,32)27-17-24(29)26-16-25(30)28-21-10-13-23(33-2)20(15-21)14-19-6-4-3-5-7-19/h3-13,15,27H,14,16-17H2,1-2H3,(H,26,29)(H,28,30). The molecule has 9 heteroatoms. The van der Waals surface area contributed by atoms with Gasteiger partial charge >= 0.3 is 0 Å². The van der Waals surface area contributed by atoms with Crippen LogP contribution in [0.25, 0.3) is 0 Å². The maximum Gasteiger partial charge on any atom is 0.243 e. The van der Waals surface area contributed by atoms with Crippen LogP contribution in [-0.4, -0.2) is 40.4 Å². The number of hydrogen-bond donors (Lipinski definition) is 3. The van der Waals surface area contributed by atoms with Gasteiger partial charge < -0.3 is 15.4 Å². The first-order valence-corrected chi connectivity index (χ1v) is 12.1. The van der Waals surface area contributed by atoms with Crippen molar-refractivity contribution in [3.8, 4) is 5.75 Å². The number of nitrogens with one attached hydrogen (secondary N) is 3. The molecule has 0 atom stereocenters. The first-order chi connectivity index (χ1) is 16.3. The van der Waals surface area contributed by atoms with E-state index in [2.05, 4.69) is 15.4 Å². The monoisotopic (exact) mass is 481 g/mol. The highest BCUT2D eigenvalue weighted by atomic mass is 32.2. The van der Waals surface area contributed by atoms with Crippen molar-refractivity contribution in [2.45, 2.75) is 18.2 Å². The summed E-state index contributed by atoms with van der Waals surface area (Å²) >= 11 is 0. The summed E-state index contributed by atoms with van der Waals surface area (Å²) in [4.78, 5) is 24.4. The Labute approximate surface area is 199 Å². The summed E-state index contributed by atoms with van der Waals surface area (Å²) in [6.45, 7) is 1.07. The summed E-state index contributed by atoms with van der Waals surface area (Å²) in [7, 11) is -2.23. The third-order valence-electron chi connectivity index (χ3n) is 5.00. The lowest BCUT2D eigenvalue weighted by Crippen LogP contribution is -2.40. The molecule has 0 aliphatic carbocycles. The van der Waals surface area contributed by atoms with Gasteiger partial charge in [0.05, 0.1) is 25.1 Å². The maximum absolute atomic E-state index is 12.3. The van der Waals surface area contributed by atoms with Crippen molar-refractivity contribution >= 4 is 27.5 Å². The van der Waals surface area contributed by atoms with E-state index in [0.29, 0.717) is 17.9 Å². The minimum atomic E-state index is -3.82. The zero-order valence-corrected chi connectivity index (χ0v) is 19.8. The van der Waals surface area contributed by atoms with Gasteiger partial charge in [-0.15, -0.1) is 0 Å². The third kappa shape index (κ3) is 7.16. The van der Waals surface area contributed by atoms with Gasteiger partial charge in [0, 0.05) is 17.7 Å². The van der Waals surface area contributed by atoms with Crippen LogP contribution in [0.3, 0.4) is 0 Å². The molecule has 34 heavy (non-hydrogen) atoms. The average molecular weight is 482 g/mol. The lowest BCUT2D eigenvalue weighted by Gasteiger charge is -2.12. The van der Waals surface area contributed by atoms with E-state index in [1.165, 1.54) is 12.1 Å². The van der Waals surface area contributed by atoms with Crippen LogP contribution >= 0.6 is 0 Å². The number of amides is 2. The Balaban J connectivity index is 1.52. The summed E-state index contributed by atoms with van der Waals surface area (Å²) in [5.74, 6) is -0.355. The van der Waals surface area contributed by atoms with Crippen molar-refractivity contribution in [3.05, 3.63) is 89.5 Å². The van der Waals surface area contributed by atoms with Gasteiger partial charge in [-0.2, -0.15) is 0 Å². The number of aryl methyl sites for hydroxylation is 1. The molecule has 178 valence electrons. The molecule has 0 aliphatic rings. The Hall–Kier alpha value is -3.69. The second-order valence-electron chi connectivity index (χ2n) is 7.65. The van der Waals surface area contributed by atoms with Crippen molar-refractivity contribution in [2.24, 2.45) is 0 Å². The fourth-order valence-electron chi connectivity index (χ4n) is 3.22. The minimum Gasteiger partial charge on any atom is -0.496 e. The number of benzene rings is 3. The smallest absolute Gasteiger partial charge is 0.243 e. The van der Waals surface area contributed by atoms with Crippen molar-refractivity contribution < 1.29 is 22.7 Å². The number of carbonyl (C=O) groups excluding carboxylic acids is 2. The first kappa shape index (κ1) is 24.9. The molecule has 0 aromatic heterocycles. The van der Waals surface area contributed by atoms with Gasteiger partial charge in [0.1, 0.15) is 5.75 Å². The second kappa shape index (κ2) is 11.4. The van der Waals surface area contributed by atoms with E-state index in [1.54, 1.807) is 31.4 Å². The number of hydrogen-bond acceptors (Lipinski definition) is 5. The number of carbonyl (C=O) groups is 2. The lowest BCUT2D eigenvalue weighted by atomic mass is 10.0. The molecule has 8 nitrogen and oxygen atoms in total. The van der Waals surface area contributed by atoms with Crippen LogP contribution in [0, 0.1) is 6.92 Å². The van der Waals surface area contributed by atoms with Crippen LogP contribution in [-0.2, 0) is 26.0 Å². The Bertz CT molecular complexity index is 1240. The topological polar surface area (TPSA) is 114 Å². The molecule has 0 spiro atoms. The number of sulfonamides is 1. The highest BCUT2D eigenvalue weighted by molar-refractivity contribution is 7.89. The molecule has 3 N–H and O–H groups in total. The third-order valence-corrected chi connectivity index (χ3v) is 6.42. The fraction of sp³-hybridized carbons (Fsp3) is 0.200. The zero-order chi connectivity index (χ0) is 24.6. The van der Waals surface area contributed by atoms with Crippen LogP contribution in [0.2, 0.25) is 0 Å². The molecule has 3 aromatic rings. The first-order valence-electron chi connectivity index (χ1n) is 10.6. The van der Waals surface area contributed by atoms with E-state index in [9.17, 15) is 18.0 Å². The van der Waals surface area contributed by atoms with Crippen LogP contribution in [0.15, 0.2) is 77.7 Å². The van der Waals surface area contributed by atoms with Crippen LogP contribution < -0.4 is 20.1 Å². The fourth-order valence-corrected chi connectivity index (χ4v) is 4.20. The molecule has 0 aliphatic heterocycles. The lowest BCUT2D eigenvalue weighted by molar-refractivity contribution is -0.123. The van der Waals surface area contributed by atoms with E-state index in [1.807, 2.05) is 43.3 Å². The van der Waals surface area contributed by atoms with Crippen LogP contribution in [0.1, 0.15) is 16.7 Å². The molecule has 0 saturated heterocycles. The zero-order valence-electron chi connectivity index (χ0n) is 19.0. The highest BCUT2D eigenvalue weighted by Crippen LogP contribution is 2.25. The van der Waals surface area contributed by atoms with Gasteiger partial charge in [-0.3, -0.25) is 9.59 Å². The number of ether oxygens (including phenoxy) is 1. The predicted molar refractivity (Wildman–Crippen MR) is 130 cm³/mol. The predicted octanol–water partition coefficient (Wildman–Crippen LogP) is 2.63. The largest absolute Gasteiger partial charge is 0.496 e. The van der Waals surface area contributed by atoms with Crippen molar-refractivity contribution in [3.63, 3.8) is 0 Å². The molecule has 0 heterocycles. The number of methoxy groups -OCH3 is 1. The Morgan fingerprint density at radius 2 is 1.59 bits per heavy atom. The summed E-state index contributed by atoms with van der Waals surface area (Å²) < 4.78 is 32.2. The van der Waals surface area contributed by atoms with Crippen LogP contribution in [0.5, 0.6) is 5.75 Å². The van der Waals surface area contributed by atoms with Gasteiger partial charge in [0.15, 0.2) is 0 Å². The van der Waals surface area contributed by atoms with E-state index in [4.69, 9.17) is 4.74 Å². The van der Waals surface area contributed by atoms with E-state index in [0.717, 1.165) is 16.7 Å². The molecule has 0 unspecified atom stereocenters. The summed E-state index contributed by atoms with van der Waals surface area (Å²) in [5, 5.41) is 5.14. The summed E-state index contributed by atoms with van der Waals surface area (Å²) in [5.41, 5.74) is 3.49. The maximum atomic E-state index is 12.3. The SMILES string of the molecule is COc1ccc(NC(=O)CNC(=O)CNS(=O)(=O)c2ccc(C)cc2)cc1Cc1ccccc1. The summed E-state index contributed by atoms with van der Waals surface area (Å²) in [6.07, 6.45) is 0.631. The van der Waals surface area contributed by atoms with Gasteiger partial charge in [-0.25, -0.2) is 13.1 Å². The average Bonchev–Trinajstić information content (AvgIpc) is 2.83. The molecule has 3 aromatic carbocycles.